The van der Waals surface area contributed by atoms with E-state index in [-0.39, 0.29) is 18.2 Å². The van der Waals surface area contributed by atoms with Crippen molar-refractivity contribution in [3.8, 4) is 5.75 Å². The number of nitrogens with one attached hydrogen (secondary N) is 2. The van der Waals surface area contributed by atoms with Crippen LogP contribution in [0.1, 0.15) is 18.4 Å². The van der Waals surface area contributed by atoms with Crippen LogP contribution in [0.2, 0.25) is 0 Å². The minimum Gasteiger partial charge on any atom is -0.496 e. The van der Waals surface area contributed by atoms with Gasteiger partial charge in [-0.15, -0.1) is 0 Å². The van der Waals surface area contributed by atoms with Gasteiger partial charge in [-0.3, -0.25) is 9.59 Å². The predicted molar refractivity (Wildman–Crippen MR) is 86.2 cm³/mol. The van der Waals surface area contributed by atoms with E-state index in [1.165, 1.54) is 0 Å². The van der Waals surface area contributed by atoms with E-state index < -0.39 is 6.04 Å². The van der Waals surface area contributed by atoms with E-state index >= 15 is 0 Å². The van der Waals surface area contributed by atoms with Gasteiger partial charge in [0.25, 0.3) is 0 Å². The second-order valence-electron chi connectivity index (χ2n) is 6.08. The highest BCUT2D eigenvalue weighted by Gasteiger charge is 2.34. The van der Waals surface area contributed by atoms with Crippen LogP contribution in [0.4, 0.5) is 0 Å². The first-order valence-corrected chi connectivity index (χ1v) is 8.11. The zero-order valence-corrected chi connectivity index (χ0v) is 13.4. The average molecular weight is 317 g/mol. The van der Waals surface area contributed by atoms with Gasteiger partial charge >= 0.3 is 0 Å². The normalized spacial score (nSPS) is 20.9. The van der Waals surface area contributed by atoms with Gasteiger partial charge in [0, 0.05) is 31.2 Å². The SMILES string of the molecule is COc1ccccc1CC(=O)N1CCNC[C@H]1C(=O)NC1CC1. The van der Waals surface area contributed by atoms with Crippen molar-refractivity contribution in [3.05, 3.63) is 29.8 Å². The smallest absolute Gasteiger partial charge is 0.244 e. The van der Waals surface area contributed by atoms with Crippen LogP contribution in [0.5, 0.6) is 5.75 Å². The number of carbonyl (C=O) groups excluding carboxylic acids is 2. The number of amides is 2. The van der Waals surface area contributed by atoms with Gasteiger partial charge in [-0.1, -0.05) is 18.2 Å². The summed E-state index contributed by atoms with van der Waals surface area (Å²) in [6.45, 7) is 1.78. The maximum Gasteiger partial charge on any atom is 0.244 e. The number of piperazine rings is 1. The van der Waals surface area contributed by atoms with E-state index in [1.54, 1.807) is 12.0 Å². The number of benzene rings is 1. The lowest BCUT2D eigenvalue weighted by atomic mass is 10.1. The molecule has 1 saturated carbocycles. The molecule has 0 spiro atoms. The first kappa shape index (κ1) is 15.8. The number of carbonyl (C=O) groups is 2. The van der Waals surface area contributed by atoms with Crippen molar-refractivity contribution in [2.45, 2.75) is 31.3 Å². The van der Waals surface area contributed by atoms with Gasteiger partial charge in [0.1, 0.15) is 11.8 Å². The fourth-order valence-corrected chi connectivity index (χ4v) is 2.88. The minimum absolute atomic E-state index is 0.0352. The highest BCUT2D eigenvalue weighted by molar-refractivity contribution is 5.89. The lowest BCUT2D eigenvalue weighted by molar-refractivity contribution is -0.141. The number of para-hydroxylation sites is 1. The van der Waals surface area contributed by atoms with Crippen LogP contribution in [0.15, 0.2) is 24.3 Å². The molecule has 1 aliphatic heterocycles. The van der Waals surface area contributed by atoms with Crippen LogP contribution < -0.4 is 15.4 Å². The molecule has 23 heavy (non-hydrogen) atoms. The van der Waals surface area contributed by atoms with Crippen LogP contribution in [0.3, 0.4) is 0 Å². The van der Waals surface area contributed by atoms with E-state index in [1.807, 2.05) is 24.3 Å². The highest BCUT2D eigenvalue weighted by Crippen LogP contribution is 2.21. The zero-order valence-electron chi connectivity index (χ0n) is 13.4. The molecule has 1 aliphatic carbocycles. The molecule has 124 valence electrons. The fraction of sp³-hybridized carbons (Fsp3) is 0.529. The molecule has 1 aromatic rings. The fourth-order valence-electron chi connectivity index (χ4n) is 2.88. The molecule has 0 bridgehead atoms. The Morgan fingerprint density at radius 1 is 1.35 bits per heavy atom. The first-order chi connectivity index (χ1) is 11.2. The maximum absolute atomic E-state index is 12.7. The third-order valence-electron chi connectivity index (χ3n) is 4.32. The molecule has 0 radical (unpaired) electrons. The number of ether oxygens (including phenoxy) is 1. The Labute approximate surface area is 136 Å². The quantitative estimate of drug-likeness (QED) is 0.820. The number of methoxy groups -OCH3 is 1. The van der Waals surface area contributed by atoms with Crippen LogP contribution >= 0.6 is 0 Å². The molecule has 2 N–H and O–H groups in total. The van der Waals surface area contributed by atoms with Gasteiger partial charge in [-0.25, -0.2) is 0 Å². The summed E-state index contributed by atoms with van der Waals surface area (Å²) in [5.74, 6) is 0.620. The maximum atomic E-state index is 12.7. The molecule has 3 rings (SSSR count). The molecule has 1 atom stereocenters. The summed E-state index contributed by atoms with van der Waals surface area (Å²) in [5, 5.41) is 6.20. The third kappa shape index (κ3) is 3.82. The molecule has 0 unspecified atom stereocenters. The van der Waals surface area contributed by atoms with E-state index in [0.717, 1.165) is 18.4 Å². The van der Waals surface area contributed by atoms with Gasteiger partial charge in [0.2, 0.25) is 11.8 Å². The topological polar surface area (TPSA) is 70.7 Å². The van der Waals surface area contributed by atoms with Gasteiger partial charge < -0.3 is 20.3 Å². The molecule has 2 aliphatic rings. The van der Waals surface area contributed by atoms with Crippen LogP contribution in [-0.4, -0.2) is 55.5 Å². The minimum atomic E-state index is -0.424. The third-order valence-corrected chi connectivity index (χ3v) is 4.32. The molecule has 1 saturated heterocycles. The lowest BCUT2D eigenvalue weighted by Crippen LogP contribution is -2.60. The number of rotatable bonds is 5. The van der Waals surface area contributed by atoms with Gasteiger partial charge in [0.05, 0.1) is 13.5 Å². The Bertz CT molecular complexity index is 586. The molecule has 1 heterocycles. The van der Waals surface area contributed by atoms with Crippen molar-refractivity contribution in [2.75, 3.05) is 26.7 Å². The van der Waals surface area contributed by atoms with Crippen molar-refractivity contribution < 1.29 is 14.3 Å². The van der Waals surface area contributed by atoms with Crippen molar-refractivity contribution in [1.29, 1.82) is 0 Å². The van der Waals surface area contributed by atoms with E-state index in [0.29, 0.717) is 31.4 Å². The predicted octanol–water partition coefficient (Wildman–Crippen LogP) is 0.317. The molecule has 0 aromatic heterocycles. The Balaban J connectivity index is 1.69. The van der Waals surface area contributed by atoms with E-state index in [9.17, 15) is 9.59 Å². The number of nitrogens with zero attached hydrogens (tertiary/aromatic N) is 1. The Hall–Kier alpha value is -2.08. The van der Waals surface area contributed by atoms with Gasteiger partial charge in [-0.2, -0.15) is 0 Å². The summed E-state index contributed by atoms with van der Waals surface area (Å²) in [5.41, 5.74) is 0.847. The summed E-state index contributed by atoms with van der Waals surface area (Å²) < 4.78 is 5.31. The Kier molecular flexibility index (Phi) is 4.81. The van der Waals surface area contributed by atoms with Crippen LogP contribution in [0.25, 0.3) is 0 Å². The monoisotopic (exact) mass is 317 g/mol. The number of hydrogen-bond acceptors (Lipinski definition) is 4. The van der Waals surface area contributed by atoms with Gasteiger partial charge in [0.15, 0.2) is 0 Å². The summed E-state index contributed by atoms with van der Waals surface area (Å²) in [4.78, 5) is 26.8. The summed E-state index contributed by atoms with van der Waals surface area (Å²) in [7, 11) is 1.60. The Morgan fingerprint density at radius 2 is 2.13 bits per heavy atom. The first-order valence-electron chi connectivity index (χ1n) is 8.11. The van der Waals surface area contributed by atoms with Crippen LogP contribution in [-0.2, 0) is 16.0 Å². The highest BCUT2D eigenvalue weighted by atomic mass is 16.5. The second kappa shape index (κ2) is 7.00. The molecule has 2 fully saturated rings. The number of hydrogen-bond donors (Lipinski definition) is 2. The standard InChI is InChI=1S/C17H23N3O3/c1-23-15-5-3-2-4-12(15)10-16(21)20-9-8-18-11-14(20)17(22)19-13-6-7-13/h2-5,13-14,18H,6-11H2,1H3,(H,19,22)/t14-/m0/s1. The van der Waals surface area contributed by atoms with E-state index in [4.69, 9.17) is 4.74 Å². The molecule has 2 amide bonds. The molecule has 6 heteroatoms. The molecular weight excluding hydrogens is 294 g/mol. The molecule has 6 nitrogen and oxygen atoms in total. The van der Waals surface area contributed by atoms with E-state index in [2.05, 4.69) is 10.6 Å². The van der Waals surface area contributed by atoms with Gasteiger partial charge in [-0.05, 0) is 18.9 Å². The zero-order chi connectivity index (χ0) is 16.2. The summed E-state index contributed by atoms with van der Waals surface area (Å²) in [6, 6.07) is 7.38. The summed E-state index contributed by atoms with van der Waals surface area (Å²) in [6.07, 6.45) is 2.33. The second-order valence-corrected chi connectivity index (χ2v) is 6.08. The average Bonchev–Trinajstić information content (AvgIpc) is 3.39. The van der Waals surface area contributed by atoms with Crippen molar-refractivity contribution in [2.24, 2.45) is 0 Å². The van der Waals surface area contributed by atoms with Crippen molar-refractivity contribution >= 4 is 11.8 Å². The molecule has 1 aromatic carbocycles. The lowest BCUT2D eigenvalue weighted by Gasteiger charge is -2.35. The largest absolute Gasteiger partial charge is 0.496 e. The molecular formula is C17H23N3O3. The Morgan fingerprint density at radius 3 is 2.87 bits per heavy atom. The van der Waals surface area contributed by atoms with Crippen molar-refractivity contribution in [3.63, 3.8) is 0 Å². The summed E-state index contributed by atoms with van der Waals surface area (Å²) >= 11 is 0. The van der Waals surface area contributed by atoms with Crippen LogP contribution in [0, 0.1) is 0 Å². The van der Waals surface area contributed by atoms with Crippen molar-refractivity contribution in [1.82, 2.24) is 15.5 Å².